The molecule has 1 aliphatic heterocycles. The Kier molecular flexibility index (Phi) is 5.88. The highest BCUT2D eigenvalue weighted by Gasteiger charge is 2.48. The van der Waals surface area contributed by atoms with Crippen LogP contribution in [0.3, 0.4) is 0 Å². The van der Waals surface area contributed by atoms with Crippen LogP contribution in [0.4, 0.5) is 5.13 Å². The highest BCUT2D eigenvalue weighted by atomic mass is 32.1. The Bertz CT molecular complexity index is 1580. The van der Waals surface area contributed by atoms with Crippen molar-refractivity contribution in [2.24, 2.45) is 0 Å². The third kappa shape index (κ3) is 3.85. The number of carbonyl (C=O) groups excluding carboxylic acids is 2. The van der Waals surface area contributed by atoms with E-state index in [0.29, 0.717) is 22.0 Å². The molecule has 0 bridgehead atoms. The molecular formula is C29H26N2O4S. The van der Waals surface area contributed by atoms with Crippen molar-refractivity contribution < 1.29 is 19.4 Å². The highest BCUT2D eigenvalue weighted by Crippen LogP contribution is 2.45. The van der Waals surface area contributed by atoms with E-state index in [-0.39, 0.29) is 11.3 Å². The fourth-order valence-electron chi connectivity index (χ4n) is 4.75. The van der Waals surface area contributed by atoms with Crippen LogP contribution in [0.15, 0.2) is 60.2 Å². The van der Waals surface area contributed by atoms with Gasteiger partial charge >= 0.3 is 5.91 Å². The van der Waals surface area contributed by atoms with Crippen LogP contribution in [-0.2, 0) is 9.59 Å². The van der Waals surface area contributed by atoms with Gasteiger partial charge in [-0.1, -0.05) is 47.2 Å². The number of aromatic nitrogens is 1. The second-order valence-electron chi connectivity index (χ2n) is 9.19. The van der Waals surface area contributed by atoms with Gasteiger partial charge in [-0.3, -0.25) is 14.5 Å². The molecule has 1 aliphatic rings. The van der Waals surface area contributed by atoms with Crippen molar-refractivity contribution in [3.8, 4) is 5.75 Å². The van der Waals surface area contributed by atoms with Crippen LogP contribution in [0.2, 0.25) is 0 Å². The van der Waals surface area contributed by atoms with E-state index >= 15 is 0 Å². The third-order valence-electron chi connectivity index (χ3n) is 6.53. The number of thiazole rings is 1. The maximum atomic E-state index is 13.5. The lowest BCUT2D eigenvalue weighted by Crippen LogP contribution is -2.29. The number of rotatable bonds is 4. The summed E-state index contributed by atoms with van der Waals surface area (Å²) in [5.41, 5.74) is 5.83. The minimum atomic E-state index is -0.859. The van der Waals surface area contributed by atoms with E-state index in [1.807, 2.05) is 64.1 Å². The summed E-state index contributed by atoms with van der Waals surface area (Å²) in [6.07, 6.45) is 0. The lowest BCUT2D eigenvalue weighted by molar-refractivity contribution is -0.132. The van der Waals surface area contributed by atoms with E-state index in [1.54, 1.807) is 25.3 Å². The SMILES string of the molecule is COc1cccc(C2C(=C(O)c3cc(C)ccc3C)C(=O)C(=O)N2c2nc3c(C)cc(C)cc3s2)c1. The van der Waals surface area contributed by atoms with Crippen LogP contribution in [0.5, 0.6) is 5.75 Å². The Morgan fingerprint density at radius 3 is 2.50 bits per heavy atom. The lowest BCUT2D eigenvalue weighted by Gasteiger charge is -2.23. The van der Waals surface area contributed by atoms with Crippen molar-refractivity contribution in [2.75, 3.05) is 12.0 Å². The summed E-state index contributed by atoms with van der Waals surface area (Å²) in [6, 6.07) is 16.1. The second kappa shape index (κ2) is 8.91. The largest absolute Gasteiger partial charge is 0.507 e. The monoisotopic (exact) mass is 498 g/mol. The molecule has 0 saturated carbocycles. The average molecular weight is 499 g/mol. The number of benzene rings is 3. The van der Waals surface area contributed by atoms with Crippen LogP contribution in [-0.4, -0.2) is 28.9 Å². The molecule has 2 heterocycles. The third-order valence-corrected chi connectivity index (χ3v) is 7.53. The zero-order valence-corrected chi connectivity index (χ0v) is 21.6. The van der Waals surface area contributed by atoms with Gasteiger partial charge in [-0.25, -0.2) is 4.98 Å². The first-order valence-corrected chi connectivity index (χ1v) is 12.4. The minimum absolute atomic E-state index is 0.0362. The van der Waals surface area contributed by atoms with Gasteiger partial charge in [-0.15, -0.1) is 0 Å². The van der Waals surface area contributed by atoms with Gasteiger partial charge in [0, 0.05) is 5.56 Å². The number of hydrogen-bond acceptors (Lipinski definition) is 6. The molecule has 1 unspecified atom stereocenters. The number of aryl methyl sites for hydroxylation is 4. The lowest BCUT2D eigenvalue weighted by atomic mass is 9.93. The normalized spacial score (nSPS) is 17.2. The van der Waals surface area contributed by atoms with Gasteiger partial charge in [0.15, 0.2) is 5.13 Å². The van der Waals surface area contributed by atoms with E-state index in [2.05, 4.69) is 0 Å². The number of methoxy groups -OCH3 is 1. The Morgan fingerprint density at radius 1 is 0.972 bits per heavy atom. The fourth-order valence-corrected chi connectivity index (χ4v) is 5.92. The number of anilines is 1. The number of fused-ring (bicyclic) bond motifs is 1. The molecule has 1 atom stereocenters. The molecule has 1 amide bonds. The quantitative estimate of drug-likeness (QED) is 0.207. The highest BCUT2D eigenvalue weighted by molar-refractivity contribution is 7.22. The standard InChI is InChI=1S/C29H26N2O4S/c1-15-9-10-17(3)21(12-15)26(32)23-25(19-7-6-8-20(14-19)35-5)31(28(34)27(23)33)29-30-24-18(4)11-16(2)13-22(24)36-29/h6-14,25,32H,1-5H3. The van der Waals surface area contributed by atoms with E-state index in [9.17, 15) is 14.7 Å². The zero-order valence-electron chi connectivity index (χ0n) is 20.7. The number of ketones is 1. The molecule has 3 aromatic carbocycles. The van der Waals surface area contributed by atoms with E-state index in [1.165, 1.54) is 16.2 Å². The minimum Gasteiger partial charge on any atom is -0.507 e. The van der Waals surface area contributed by atoms with Gasteiger partial charge in [0.2, 0.25) is 0 Å². The number of aliphatic hydroxyl groups is 1. The Labute approximate surface area is 213 Å². The van der Waals surface area contributed by atoms with Gasteiger partial charge in [-0.2, -0.15) is 0 Å². The fraction of sp³-hybridized carbons (Fsp3) is 0.207. The van der Waals surface area contributed by atoms with Gasteiger partial charge in [0.05, 0.1) is 28.9 Å². The van der Waals surface area contributed by atoms with Crippen LogP contribution in [0.25, 0.3) is 16.0 Å². The van der Waals surface area contributed by atoms with E-state index < -0.39 is 17.7 Å². The molecule has 1 fully saturated rings. The molecule has 1 saturated heterocycles. The molecule has 1 aromatic heterocycles. The molecule has 0 spiro atoms. The number of carbonyl (C=O) groups is 2. The van der Waals surface area contributed by atoms with Crippen molar-refractivity contribution in [1.82, 2.24) is 4.98 Å². The second-order valence-corrected chi connectivity index (χ2v) is 10.2. The Hall–Kier alpha value is -3.97. The molecule has 5 rings (SSSR count). The average Bonchev–Trinajstić information content (AvgIpc) is 3.39. The molecule has 6 nitrogen and oxygen atoms in total. The zero-order chi connectivity index (χ0) is 25.7. The Balaban J connectivity index is 1.78. The topological polar surface area (TPSA) is 79.7 Å². The molecular weight excluding hydrogens is 472 g/mol. The van der Waals surface area contributed by atoms with Crippen molar-refractivity contribution in [2.45, 2.75) is 33.7 Å². The summed E-state index contributed by atoms with van der Waals surface area (Å²) >= 11 is 1.36. The van der Waals surface area contributed by atoms with Gasteiger partial charge in [-0.05, 0) is 74.2 Å². The molecule has 0 aliphatic carbocycles. The van der Waals surface area contributed by atoms with Crippen LogP contribution in [0, 0.1) is 27.7 Å². The summed E-state index contributed by atoms with van der Waals surface area (Å²) in [5, 5.41) is 11.9. The smallest absolute Gasteiger partial charge is 0.301 e. The molecule has 1 N–H and O–H groups in total. The summed E-state index contributed by atoms with van der Waals surface area (Å²) in [7, 11) is 1.56. The van der Waals surface area contributed by atoms with E-state index in [0.717, 1.165) is 32.5 Å². The van der Waals surface area contributed by atoms with Crippen molar-refractivity contribution in [1.29, 1.82) is 0 Å². The summed E-state index contributed by atoms with van der Waals surface area (Å²) in [5.74, 6) is -1.07. The summed E-state index contributed by atoms with van der Waals surface area (Å²) in [4.78, 5) is 33.2. The molecule has 0 radical (unpaired) electrons. The maximum Gasteiger partial charge on any atom is 0.301 e. The number of ether oxygens (including phenoxy) is 1. The predicted octanol–water partition coefficient (Wildman–Crippen LogP) is 6.16. The summed E-state index contributed by atoms with van der Waals surface area (Å²) < 4.78 is 6.35. The van der Waals surface area contributed by atoms with Gasteiger partial charge in [0.25, 0.3) is 5.78 Å². The number of Topliss-reactive ketones (excluding diaryl/α,β-unsaturated/α-hetero) is 1. The number of aliphatic hydroxyl groups excluding tert-OH is 1. The van der Waals surface area contributed by atoms with Crippen LogP contribution < -0.4 is 9.64 Å². The van der Waals surface area contributed by atoms with Crippen molar-refractivity contribution >= 4 is 44.1 Å². The first kappa shape index (κ1) is 23.8. The first-order chi connectivity index (χ1) is 17.2. The molecule has 4 aromatic rings. The molecule has 36 heavy (non-hydrogen) atoms. The maximum absolute atomic E-state index is 13.5. The number of hydrogen-bond donors (Lipinski definition) is 1. The van der Waals surface area contributed by atoms with Crippen molar-refractivity contribution in [3.05, 3.63) is 93.6 Å². The van der Waals surface area contributed by atoms with E-state index in [4.69, 9.17) is 9.72 Å². The van der Waals surface area contributed by atoms with Crippen LogP contribution in [0.1, 0.15) is 39.4 Å². The number of amides is 1. The van der Waals surface area contributed by atoms with Gasteiger partial charge < -0.3 is 9.84 Å². The number of nitrogens with zero attached hydrogens (tertiary/aromatic N) is 2. The molecule has 182 valence electrons. The summed E-state index contributed by atoms with van der Waals surface area (Å²) in [6.45, 7) is 7.77. The van der Waals surface area contributed by atoms with Crippen molar-refractivity contribution in [3.63, 3.8) is 0 Å². The first-order valence-electron chi connectivity index (χ1n) is 11.6. The Morgan fingerprint density at radius 2 is 1.75 bits per heavy atom. The molecule has 7 heteroatoms. The predicted molar refractivity (Wildman–Crippen MR) is 143 cm³/mol. The van der Waals surface area contributed by atoms with Crippen LogP contribution >= 0.6 is 11.3 Å². The van der Waals surface area contributed by atoms with Gasteiger partial charge in [0.1, 0.15) is 11.5 Å².